The van der Waals surface area contributed by atoms with Crippen molar-refractivity contribution in [3.05, 3.63) is 48.7 Å². The van der Waals surface area contributed by atoms with Gasteiger partial charge in [0.25, 0.3) is 10.0 Å². The van der Waals surface area contributed by atoms with Crippen LogP contribution in [-0.4, -0.2) is 20.2 Å². The number of nitrogens with zero attached hydrogens (tertiary/aromatic N) is 1. The summed E-state index contributed by atoms with van der Waals surface area (Å²) in [5, 5.41) is 1.44. The van der Waals surface area contributed by atoms with Crippen LogP contribution >= 0.6 is 0 Å². The molecule has 2 aromatic heterocycles. The minimum atomic E-state index is -3.68. The highest BCUT2D eigenvalue weighted by atomic mass is 32.2. The molecule has 0 spiro atoms. The average molecular weight is 305 g/mol. The quantitative estimate of drug-likeness (QED) is 0.413. The molecule has 0 atom stereocenters. The van der Waals surface area contributed by atoms with Crippen LogP contribution in [0.1, 0.15) is 0 Å². The van der Waals surface area contributed by atoms with Gasteiger partial charge in [0, 0.05) is 21.9 Å². The van der Waals surface area contributed by atoms with E-state index in [-0.39, 0.29) is 5.66 Å². The predicted molar refractivity (Wildman–Crippen MR) is 85.1 cm³/mol. The van der Waals surface area contributed by atoms with E-state index >= 15 is 0 Å². The Morgan fingerprint density at radius 1 is 1.00 bits per heavy atom. The third kappa shape index (κ3) is 1.19. The molecule has 0 fully saturated rings. The number of benzene rings is 2. The third-order valence-electron chi connectivity index (χ3n) is 4.22. The fourth-order valence-corrected chi connectivity index (χ4v) is 5.08. The van der Waals surface area contributed by atoms with E-state index in [9.17, 15) is 8.42 Å². The molecule has 3 heterocycles. The molecule has 1 aliphatic heterocycles. The summed E-state index contributed by atoms with van der Waals surface area (Å²) < 4.78 is 32.7. The van der Waals surface area contributed by atoms with Gasteiger partial charge < -0.3 is 4.42 Å². The highest BCUT2D eigenvalue weighted by molar-refractivity contribution is 7.90. The lowest BCUT2D eigenvalue weighted by Gasteiger charge is -2.20. The number of fused-ring (bicyclic) bond motifs is 5. The van der Waals surface area contributed by atoms with E-state index in [1.54, 1.807) is 12.1 Å². The Bertz CT molecular complexity index is 1200. The second-order valence-electron chi connectivity index (χ2n) is 5.33. The van der Waals surface area contributed by atoms with Gasteiger partial charge in [-0.3, -0.25) is 0 Å². The molecule has 4 aromatic rings. The summed E-state index contributed by atoms with van der Waals surface area (Å²) in [6, 6.07) is 12.7. The zero-order chi connectivity index (χ0) is 15.1. The molecule has 0 unspecified atom stereocenters. The van der Waals surface area contributed by atoms with Gasteiger partial charge in [-0.2, -0.15) is 0 Å². The van der Waals surface area contributed by atoms with E-state index in [2.05, 4.69) is 0 Å². The maximum absolute atomic E-state index is 13.0. The van der Waals surface area contributed by atoms with Crippen LogP contribution < -0.4 is 5.66 Å². The van der Waals surface area contributed by atoms with Crippen LogP contribution in [0.4, 0.5) is 0 Å². The van der Waals surface area contributed by atoms with Crippen LogP contribution in [0, 0.1) is 0 Å². The zero-order valence-corrected chi connectivity index (χ0v) is 12.1. The van der Waals surface area contributed by atoms with Crippen LogP contribution in [0.15, 0.2) is 58.0 Å². The lowest BCUT2D eigenvalue weighted by atomic mass is 9.98. The van der Waals surface area contributed by atoms with E-state index < -0.39 is 10.0 Å². The third-order valence-corrected chi connectivity index (χ3v) is 5.99. The van der Waals surface area contributed by atoms with Crippen LogP contribution in [-0.2, 0) is 10.0 Å². The van der Waals surface area contributed by atoms with Crippen LogP contribution in [0.5, 0.6) is 0 Å². The van der Waals surface area contributed by atoms with E-state index in [0.29, 0.717) is 21.3 Å². The minimum Gasteiger partial charge on any atom is -0.478 e. The van der Waals surface area contributed by atoms with E-state index in [4.69, 9.17) is 12.3 Å². The molecule has 0 saturated heterocycles. The molecule has 5 rings (SSSR count). The first-order chi connectivity index (χ1) is 10.6. The van der Waals surface area contributed by atoms with Crippen molar-refractivity contribution in [2.75, 3.05) is 0 Å². The number of hydrogen-bond donors (Lipinski definition) is 0. The molecule has 22 heavy (non-hydrogen) atoms. The summed E-state index contributed by atoms with van der Waals surface area (Å²) in [6.45, 7) is 0. The van der Waals surface area contributed by atoms with Gasteiger partial charge in [0.05, 0.1) is 16.1 Å². The van der Waals surface area contributed by atoms with Crippen LogP contribution in [0.3, 0.4) is 0 Å². The van der Waals surface area contributed by atoms with Crippen molar-refractivity contribution >= 4 is 45.3 Å². The first kappa shape index (κ1) is 12.1. The Labute approximate surface area is 127 Å². The summed E-state index contributed by atoms with van der Waals surface area (Å²) in [6.07, 6.45) is 1.40. The lowest BCUT2D eigenvalue weighted by molar-refractivity contribution is 0.587. The number of aromatic nitrogens is 1. The zero-order valence-electron chi connectivity index (χ0n) is 11.3. The maximum atomic E-state index is 13.0. The Hall–Kier alpha value is -2.47. The summed E-state index contributed by atoms with van der Waals surface area (Å²) in [4.78, 5) is 0.298. The summed E-state index contributed by atoms with van der Waals surface area (Å²) in [5.74, 6) is 0. The Morgan fingerprint density at radius 3 is 2.64 bits per heavy atom. The summed E-state index contributed by atoms with van der Waals surface area (Å²) >= 11 is 0. The number of hydrogen-bond acceptors (Lipinski definition) is 3. The molecule has 2 radical (unpaired) electrons. The molecule has 104 valence electrons. The largest absolute Gasteiger partial charge is 0.478 e. The van der Waals surface area contributed by atoms with Crippen LogP contribution in [0.25, 0.3) is 32.9 Å². The van der Waals surface area contributed by atoms with E-state index in [1.165, 1.54) is 10.2 Å². The van der Waals surface area contributed by atoms with E-state index in [0.717, 1.165) is 16.5 Å². The fourth-order valence-electron chi connectivity index (χ4n) is 3.35. The summed E-state index contributed by atoms with van der Waals surface area (Å²) in [5.41, 5.74) is 2.98. The number of rotatable bonds is 0. The molecule has 0 bridgehead atoms. The normalized spacial score (nSPS) is 15.3. The second-order valence-corrected chi connectivity index (χ2v) is 7.08. The molecule has 0 aliphatic carbocycles. The number of para-hydroxylation sites is 1. The van der Waals surface area contributed by atoms with Gasteiger partial charge in [-0.15, -0.1) is 0 Å². The van der Waals surface area contributed by atoms with Gasteiger partial charge in [0.2, 0.25) is 0 Å². The van der Waals surface area contributed by atoms with Crippen molar-refractivity contribution in [3.63, 3.8) is 0 Å². The first-order valence-corrected chi connectivity index (χ1v) is 8.20. The Kier molecular flexibility index (Phi) is 2.01. The Morgan fingerprint density at radius 2 is 1.77 bits per heavy atom. The summed E-state index contributed by atoms with van der Waals surface area (Å²) in [7, 11) is 2.22. The van der Waals surface area contributed by atoms with Crippen molar-refractivity contribution in [2.24, 2.45) is 0 Å². The van der Waals surface area contributed by atoms with Crippen molar-refractivity contribution in [1.29, 1.82) is 0 Å². The smallest absolute Gasteiger partial charge is 0.269 e. The predicted octanol–water partition coefficient (Wildman–Crippen LogP) is 2.40. The van der Waals surface area contributed by atoms with Crippen molar-refractivity contribution in [1.82, 2.24) is 3.97 Å². The molecule has 1 aliphatic rings. The average Bonchev–Trinajstić information content (AvgIpc) is 3.05. The number of furan rings is 1. The van der Waals surface area contributed by atoms with Gasteiger partial charge in [0.1, 0.15) is 11.8 Å². The molecular formula is C16H8BNO3S. The highest BCUT2D eigenvalue weighted by Gasteiger charge is 2.33. The van der Waals surface area contributed by atoms with Crippen molar-refractivity contribution in [3.8, 4) is 11.1 Å². The minimum absolute atomic E-state index is 0.233. The second kappa shape index (κ2) is 3.65. The molecule has 4 nitrogen and oxygen atoms in total. The van der Waals surface area contributed by atoms with E-state index in [1.807, 2.05) is 30.3 Å². The topological polar surface area (TPSA) is 52.2 Å². The SMILES string of the molecule is [B]c1occ2c1c1cccc3c1n2S(=O)(=O)c1ccccc1-3. The Balaban J connectivity index is 2.19. The van der Waals surface area contributed by atoms with Gasteiger partial charge >= 0.3 is 0 Å². The monoisotopic (exact) mass is 305 g/mol. The van der Waals surface area contributed by atoms with Crippen molar-refractivity contribution < 1.29 is 12.8 Å². The molecule has 0 amide bonds. The van der Waals surface area contributed by atoms with Gasteiger partial charge in [-0.05, 0) is 6.07 Å². The lowest BCUT2D eigenvalue weighted by Crippen LogP contribution is -2.17. The van der Waals surface area contributed by atoms with Gasteiger partial charge in [-0.1, -0.05) is 36.4 Å². The van der Waals surface area contributed by atoms with Crippen LogP contribution in [0.2, 0.25) is 0 Å². The maximum Gasteiger partial charge on any atom is 0.269 e. The molecular weight excluding hydrogens is 297 g/mol. The molecule has 2 aromatic carbocycles. The fraction of sp³-hybridized carbons (Fsp3) is 0. The van der Waals surface area contributed by atoms with Gasteiger partial charge in [0.15, 0.2) is 7.85 Å². The highest BCUT2D eigenvalue weighted by Crippen LogP contribution is 2.43. The standard InChI is InChI=1S/C16H8BNO3S/c17-16-14-11-6-3-5-10-9-4-1-2-7-13(9)22(19,20)18(15(10)11)12(14)8-21-16/h1-8H. The first-order valence-electron chi connectivity index (χ1n) is 6.76. The van der Waals surface area contributed by atoms with Gasteiger partial charge in [-0.25, -0.2) is 12.4 Å². The van der Waals surface area contributed by atoms with Crippen molar-refractivity contribution in [2.45, 2.75) is 4.90 Å². The molecule has 0 N–H and O–H groups in total. The molecule has 6 heteroatoms. The molecule has 0 saturated carbocycles.